The number of nitro benzene ring substituents is 1. The zero-order valence-electron chi connectivity index (χ0n) is 10.6. The molecule has 21 heavy (non-hydrogen) atoms. The lowest BCUT2D eigenvalue weighted by Crippen LogP contribution is -1.96. The van der Waals surface area contributed by atoms with Crippen LogP contribution in [-0.2, 0) is 0 Å². The van der Waals surface area contributed by atoms with Gasteiger partial charge in [-0.15, -0.1) is 0 Å². The number of nitro groups is 1. The minimum absolute atomic E-state index is 0.0706. The van der Waals surface area contributed by atoms with Gasteiger partial charge in [-0.05, 0) is 36.4 Å². The van der Waals surface area contributed by atoms with Gasteiger partial charge in [-0.1, -0.05) is 35.3 Å². The number of ketones is 1. The molecule has 0 heterocycles. The van der Waals surface area contributed by atoms with Crippen LogP contribution in [0, 0.1) is 10.1 Å². The average Bonchev–Trinajstić information content (AvgIpc) is 2.47. The van der Waals surface area contributed by atoms with Gasteiger partial charge in [0.1, 0.15) is 0 Å². The van der Waals surface area contributed by atoms with E-state index < -0.39 is 4.92 Å². The van der Waals surface area contributed by atoms with Gasteiger partial charge in [0, 0.05) is 16.7 Å². The summed E-state index contributed by atoms with van der Waals surface area (Å²) in [5, 5.41) is 11.5. The second-order valence-corrected chi connectivity index (χ2v) is 4.98. The maximum Gasteiger partial charge on any atom is 0.276 e. The zero-order valence-corrected chi connectivity index (χ0v) is 12.1. The van der Waals surface area contributed by atoms with Crippen LogP contribution in [-0.4, -0.2) is 10.7 Å². The molecule has 0 aliphatic carbocycles. The molecule has 0 spiro atoms. The Morgan fingerprint density at radius 3 is 2.57 bits per heavy atom. The molecule has 0 amide bonds. The highest BCUT2D eigenvalue weighted by Crippen LogP contribution is 2.23. The smallest absolute Gasteiger partial charge is 0.276 e. The summed E-state index contributed by atoms with van der Waals surface area (Å²) in [7, 11) is 0. The number of benzene rings is 2. The monoisotopic (exact) mass is 321 g/mol. The Balaban J connectivity index is 2.31. The molecule has 2 aromatic carbocycles. The van der Waals surface area contributed by atoms with Crippen LogP contribution >= 0.6 is 23.2 Å². The van der Waals surface area contributed by atoms with Crippen molar-refractivity contribution in [3.8, 4) is 0 Å². The third-order valence-electron chi connectivity index (χ3n) is 2.74. The fourth-order valence-corrected chi connectivity index (χ4v) is 2.12. The summed E-state index contributed by atoms with van der Waals surface area (Å²) in [4.78, 5) is 22.5. The van der Waals surface area contributed by atoms with Gasteiger partial charge in [-0.3, -0.25) is 14.9 Å². The lowest BCUT2D eigenvalue weighted by Gasteiger charge is -2.01. The molecule has 0 N–H and O–H groups in total. The van der Waals surface area contributed by atoms with Crippen molar-refractivity contribution in [2.45, 2.75) is 0 Å². The SMILES string of the molecule is O=C(/C=C/c1ccccc1[N+](=O)[O-])c1cc(Cl)ccc1Cl. The normalized spacial score (nSPS) is 10.8. The molecule has 0 radical (unpaired) electrons. The van der Waals surface area contributed by atoms with Gasteiger partial charge < -0.3 is 0 Å². The van der Waals surface area contributed by atoms with Crippen LogP contribution in [0.25, 0.3) is 6.08 Å². The predicted molar refractivity (Wildman–Crippen MR) is 82.9 cm³/mol. The maximum atomic E-state index is 12.1. The van der Waals surface area contributed by atoms with Gasteiger partial charge in [0.25, 0.3) is 5.69 Å². The molecule has 0 atom stereocenters. The van der Waals surface area contributed by atoms with E-state index in [1.165, 1.54) is 30.4 Å². The molecular formula is C15H9Cl2NO3. The summed E-state index contributed by atoms with van der Waals surface area (Å²) >= 11 is 11.8. The Hall–Kier alpha value is -2.17. The van der Waals surface area contributed by atoms with Crippen molar-refractivity contribution in [2.24, 2.45) is 0 Å². The van der Waals surface area contributed by atoms with E-state index in [4.69, 9.17) is 23.2 Å². The number of para-hydroxylation sites is 1. The fraction of sp³-hybridized carbons (Fsp3) is 0. The lowest BCUT2D eigenvalue weighted by molar-refractivity contribution is -0.385. The topological polar surface area (TPSA) is 60.2 Å². The van der Waals surface area contributed by atoms with Gasteiger partial charge in [-0.2, -0.15) is 0 Å². The Morgan fingerprint density at radius 2 is 1.86 bits per heavy atom. The summed E-state index contributed by atoms with van der Waals surface area (Å²) in [5.41, 5.74) is 0.520. The van der Waals surface area contributed by atoms with E-state index in [1.54, 1.807) is 24.3 Å². The van der Waals surface area contributed by atoms with E-state index in [0.29, 0.717) is 10.6 Å². The maximum absolute atomic E-state index is 12.1. The number of hydrogen-bond donors (Lipinski definition) is 0. The summed E-state index contributed by atoms with van der Waals surface area (Å²) in [6.07, 6.45) is 2.62. The third-order valence-corrected chi connectivity index (χ3v) is 3.31. The minimum Gasteiger partial charge on any atom is -0.289 e. The third kappa shape index (κ3) is 3.68. The van der Waals surface area contributed by atoms with E-state index in [-0.39, 0.29) is 22.1 Å². The Kier molecular flexibility index (Phi) is 4.73. The van der Waals surface area contributed by atoms with Gasteiger partial charge in [0.2, 0.25) is 0 Å². The first-order chi connectivity index (χ1) is 9.99. The van der Waals surface area contributed by atoms with Crippen molar-refractivity contribution in [1.29, 1.82) is 0 Å². The molecule has 0 unspecified atom stereocenters. The largest absolute Gasteiger partial charge is 0.289 e. The minimum atomic E-state index is -0.503. The number of halogens is 2. The second-order valence-electron chi connectivity index (χ2n) is 4.14. The summed E-state index contributed by atoms with van der Waals surface area (Å²) in [6, 6.07) is 10.7. The van der Waals surface area contributed by atoms with E-state index in [9.17, 15) is 14.9 Å². The van der Waals surface area contributed by atoms with E-state index >= 15 is 0 Å². The molecule has 4 nitrogen and oxygen atoms in total. The molecular weight excluding hydrogens is 313 g/mol. The number of nitrogens with zero attached hydrogens (tertiary/aromatic N) is 1. The number of carbonyl (C=O) groups excluding carboxylic acids is 1. The summed E-state index contributed by atoms with van der Waals surface area (Å²) in [5.74, 6) is -0.374. The van der Waals surface area contributed by atoms with Crippen LogP contribution in [0.3, 0.4) is 0 Å². The first-order valence-electron chi connectivity index (χ1n) is 5.90. The van der Waals surface area contributed by atoms with Gasteiger partial charge >= 0.3 is 0 Å². The van der Waals surface area contributed by atoms with E-state index in [0.717, 1.165) is 0 Å². The van der Waals surface area contributed by atoms with Crippen LogP contribution in [0.2, 0.25) is 10.0 Å². The van der Waals surface area contributed by atoms with Crippen molar-refractivity contribution in [3.05, 3.63) is 79.8 Å². The highest BCUT2D eigenvalue weighted by Gasteiger charge is 2.11. The highest BCUT2D eigenvalue weighted by atomic mass is 35.5. The molecule has 2 rings (SSSR count). The molecule has 106 valence electrons. The van der Waals surface area contributed by atoms with Gasteiger partial charge in [0.15, 0.2) is 5.78 Å². The van der Waals surface area contributed by atoms with E-state index in [2.05, 4.69) is 0 Å². The first kappa shape index (κ1) is 15.2. The summed E-state index contributed by atoms with van der Waals surface area (Å²) < 4.78 is 0. The van der Waals surface area contributed by atoms with Crippen molar-refractivity contribution in [1.82, 2.24) is 0 Å². The van der Waals surface area contributed by atoms with E-state index in [1.807, 2.05) is 0 Å². The molecule has 0 saturated carbocycles. The first-order valence-corrected chi connectivity index (χ1v) is 6.65. The highest BCUT2D eigenvalue weighted by molar-refractivity contribution is 6.36. The molecule has 0 saturated heterocycles. The Bertz CT molecular complexity index is 741. The van der Waals surface area contributed by atoms with Crippen LogP contribution in [0.15, 0.2) is 48.5 Å². The van der Waals surface area contributed by atoms with Crippen molar-refractivity contribution in [2.75, 3.05) is 0 Å². The Labute approximate surface area is 130 Å². The van der Waals surface area contributed by atoms with Crippen LogP contribution < -0.4 is 0 Å². The number of allylic oxidation sites excluding steroid dienone is 1. The number of rotatable bonds is 4. The van der Waals surface area contributed by atoms with Crippen molar-refractivity contribution in [3.63, 3.8) is 0 Å². The van der Waals surface area contributed by atoms with Crippen molar-refractivity contribution >= 4 is 40.7 Å². The molecule has 2 aromatic rings. The number of carbonyl (C=O) groups is 1. The molecule has 0 aliphatic rings. The predicted octanol–water partition coefficient (Wildman–Crippen LogP) is 4.80. The summed E-state index contributed by atoms with van der Waals surface area (Å²) in [6.45, 7) is 0. The average molecular weight is 322 g/mol. The Morgan fingerprint density at radius 1 is 1.14 bits per heavy atom. The quantitative estimate of drug-likeness (QED) is 0.352. The van der Waals surface area contributed by atoms with Crippen molar-refractivity contribution < 1.29 is 9.72 Å². The fourth-order valence-electron chi connectivity index (χ4n) is 1.74. The lowest BCUT2D eigenvalue weighted by atomic mass is 10.1. The van der Waals surface area contributed by atoms with Crippen LogP contribution in [0.4, 0.5) is 5.69 Å². The molecule has 0 bridgehead atoms. The molecule has 0 aliphatic heterocycles. The zero-order chi connectivity index (χ0) is 15.4. The second kappa shape index (κ2) is 6.52. The molecule has 0 aromatic heterocycles. The van der Waals surface area contributed by atoms with Crippen LogP contribution in [0.5, 0.6) is 0 Å². The van der Waals surface area contributed by atoms with Crippen LogP contribution in [0.1, 0.15) is 15.9 Å². The standard InChI is InChI=1S/C15H9Cl2NO3/c16-11-6-7-13(17)12(9-11)15(19)8-5-10-3-1-2-4-14(10)18(20)21/h1-9H/b8-5+. The van der Waals surface area contributed by atoms with Gasteiger partial charge in [-0.25, -0.2) is 0 Å². The van der Waals surface area contributed by atoms with Gasteiger partial charge in [0.05, 0.1) is 15.5 Å². The number of hydrogen-bond acceptors (Lipinski definition) is 3. The molecule has 0 fully saturated rings. The molecule has 6 heteroatoms.